The van der Waals surface area contributed by atoms with E-state index in [1.165, 1.54) is 0 Å². The van der Waals surface area contributed by atoms with Crippen LogP contribution < -0.4 is 11.1 Å². The van der Waals surface area contributed by atoms with Crippen LogP contribution in [0.2, 0.25) is 0 Å². The summed E-state index contributed by atoms with van der Waals surface area (Å²) in [5.41, 5.74) is 5.30. The van der Waals surface area contributed by atoms with Gasteiger partial charge in [0.25, 0.3) is 0 Å². The summed E-state index contributed by atoms with van der Waals surface area (Å²) in [5, 5.41) is 3.19. The molecule has 1 rings (SSSR count). The molecule has 1 amide bonds. The van der Waals surface area contributed by atoms with Crippen molar-refractivity contribution in [2.45, 2.75) is 58.5 Å². The molecule has 0 saturated carbocycles. The number of hydrogen-bond donors (Lipinski definition) is 2. The molecule has 0 spiro atoms. The van der Waals surface area contributed by atoms with Gasteiger partial charge in [-0.05, 0) is 26.2 Å². The van der Waals surface area contributed by atoms with Gasteiger partial charge >= 0.3 is 0 Å². The van der Waals surface area contributed by atoms with Gasteiger partial charge in [0.1, 0.15) is 0 Å². The first-order valence-electron chi connectivity index (χ1n) is 6.60. The number of hydrogen-bond acceptors (Lipinski definition) is 3. The van der Waals surface area contributed by atoms with Gasteiger partial charge in [-0.25, -0.2) is 0 Å². The molecular formula is C13H26N2O2. The van der Waals surface area contributed by atoms with Crippen LogP contribution in [0.1, 0.15) is 47.0 Å². The van der Waals surface area contributed by atoms with Crippen molar-refractivity contribution >= 4 is 5.91 Å². The third-order valence-corrected chi connectivity index (χ3v) is 4.45. The van der Waals surface area contributed by atoms with E-state index < -0.39 is 5.41 Å². The van der Waals surface area contributed by atoms with E-state index in [-0.39, 0.29) is 17.5 Å². The van der Waals surface area contributed by atoms with Crippen molar-refractivity contribution in [3.63, 3.8) is 0 Å². The summed E-state index contributed by atoms with van der Waals surface area (Å²) in [4.78, 5) is 12.4. The standard InChI is InChI=1S/C13H26N2O2/c1-5-13(6-2,7-3)15-11(16)12(4)9-17-8-10(12)14/h10H,5-9,14H2,1-4H3,(H,15,16). The molecule has 100 valence electrons. The van der Waals surface area contributed by atoms with Gasteiger partial charge < -0.3 is 15.8 Å². The van der Waals surface area contributed by atoms with Crippen molar-refractivity contribution in [2.75, 3.05) is 13.2 Å². The topological polar surface area (TPSA) is 64.3 Å². The highest BCUT2D eigenvalue weighted by atomic mass is 16.5. The van der Waals surface area contributed by atoms with E-state index in [0.29, 0.717) is 13.2 Å². The number of carbonyl (C=O) groups is 1. The highest BCUT2D eigenvalue weighted by Crippen LogP contribution is 2.29. The van der Waals surface area contributed by atoms with Crippen LogP contribution >= 0.6 is 0 Å². The van der Waals surface area contributed by atoms with Gasteiger partial charge in [-0.15, -0.1) is 0 Å². The molecule has 1 heterocycles. The van der Waals surface area contributed by atoms with Crippen molar-refractivity contribution < 1.29 is 9.53 Å². The van der Waals surface area contributed by atoms with E-state index >= 15 is 0 Å². The maximum Gasteiger partial charge on any atom is 0.230 e. The van der Waals surface area contributed by atoms with E-state index in [9.17, 15) is 4.79 Å². The second kappa shape index (κ2) is 5.36. The first kappa shape index (κ1) is 14.5. The molecule has 0 aromatic rings. The molecule has 2 unspecified atom stereocenters. The first-order chi connectivity index (χ1) is 7.94. The quantitative estimate of drug-likeness (QED) is 0.766. The summed E-state index contributed by atoms with van der Waals surface area (Å²) in [6, 6.07) is -0.203. The van der Waals surface area contributed by atoms with Crippen LogP contribution in [-0.4, -0.2) is 30.7 Å². The number of carbonyl (C=O) groups excluding carboxylic acids is 1. The van der Waals surface area contributed by atoms with Crippen LogP contribution in [-0.2, 0) is 9.53 Å². The average molecular weight is 242 g/mol. The van der Waals surface area contributed by atoms with Crippen LogP contribution in [0.3, 0.4) is 0 Å². The van der Waals surface area contributed by atoms with E-state index in [2.05, 4.69) is 26.1 Å². The fourth-order valence-corrected chi connectivity index (χ4v) is 2.32. The van der Waals surface area contributed by atoms with Gasteiger partial charge in [0.15, 0.2) is 0 Å². The van der Waals surface area contributed by atoms with Crippen molar-refractivity contribution in [1.82, 2.24) is 5.32 Å². The summed E-state index contributed by atoms with van der Waals surface area (Å²) in [6.45, 7) is 9.13. The lowest BCUT2D eigenvalue weighted by atomic mass is 9.82. The Morgan fingerprint density at radius 2 is 1.94 bits per heavy atom. The summed E-state index contributed by atoms with van der Waals surface area (Å²) in [6.07, 6.45) is 2.83. The van der Waals surface area contributed by atoms with Gasteiger partial charge in [0, 0.05) is 11.6 Å². The highest BCUT2D eigenvalue weighted by Gasteiger charge is 2.46. The SMILES string of the molecule is CCC(CC)(CC)NC(=O)C1(C)COCC1N. The summed E-state index contributed by atoms with van der Waals surface area (Å²) in [7, 11) is 0. The molecular weight excluding hydrogens is 216 g/mol. The lowest BCUT2D eigenvalue weighted by molar-refractivity contribution is -0.133. The molecule has 1 aliphatic rings. The predicted octanol–water partition coefficient (Wildman–Crippen LogP) is 1.44. The molecule has 2 atom stereocenters. The molecule has 0 aromatic heterocycles. The van der Waals surface area contributed by atoms with E-state index in [1.807, 2.05) is 6.92 Å². The fraction of sp³-hybridized carbons (Fsp3) is 0.923. The Morgan fingerprint density at radius 1 is 1.41 bits per heavy atom. The van der Waals surface area contributed by atoms with Gasteiger partial charge in [-0.3, -0.25) is 4.79 Å². The summed E-state index contributed by atoms with van der Waals surface area (Å²) < 4.78 is 5.32. The Labute approximate surface area is 104 Å². The predicted molar refractivity (Wildman–Crippen MR) is 68.6 cm³/mol. The Morgan fingerprint density at radius 3 is 2.29 bits per heavy atom. The number of rotatable bonds is 5. The zero-order chi connectivity index (χ0) is 13.1. The number of nitrogens with one attached hydrogen (secondary N) is 1. The molecule has 0 radical (unpaired) electrons. The minimum Gasteiger partial charge on any atom is -0.379 e. The lowest BCUT2D eigenvalue weighted by Crippen LogP contribution is -2.56. The number of ether oxygens (including phenoxy) is 1. The Hall–Kier alpha value is -0.610. The molecule has 1 fully saturated rings. The van der Waals surface area contributed by atoms with Crippen LogP contribution in [0, 0.1) is 5.41 Å². The largest absolute Gasteiger partial charge is 0.379 e. The van der Waals surface area contributed by atoms with Crippen LogP contribution in [0.4, 0.5) is 0 Å². The third-order valence-electron chi connectivity index (χ3n) is 4.45. The summed E-state index contributed by atoms with van der Waals surface area (Å²) in [5.74, 6) is 0.0352. The van der Waals surface area contributed by atoms with E-state index in [4.69, 9.17) is 10.5 Å². The monoisotopic (exact) mass is 242 g/mol. The van der Waals surface area contributed by atoms with Crippen molar-refractivity contribution in [3.8, 4) is 0 Å². The number of nitrogens with two attached hydrogens (primary N) is 1. The lowest BCUT2D eigenvalue weighted by Gasteiger charge is -2.36. The third kappa shape index (κ3) is 2.63. The molecule has 17 heavy (non-hydrogen) atoms. The fourth-order valence-electron chi connectivity index (χ4n) is 2.32. The van der Waals surface area contributed by atoms with Gasteiger partial charge in [-0.2, -0.15) is 0 Å². The zero-order valence-electron chi connectivity index (χ0n) is 11.5. The Kier molecular flexibility index (Phi) is 4.55. The Balaban J connectivity index is 2.77. The van der Waals surface area contributed by atoms with Crippen molar-refractivity contribution in [1.29, 1.82) is 0 Å². The molecule has 1 saturated heterocycles. The van der Waals surface area contributed by atoms with Crippen molar-refractivity contribution in [2.24, 2.45) is 11.1 Å². The second-order valence-corrected chi connectivity index (χ2v) is 5.33. The maximum absolute atomic E-state index is 12.4. The summed E-state index contributed by atoms with van der Waals surface area (Å²) >= 11 is 0. The minimum absolute atomic E-state index is 0.0352. The Bertz CT molecular complexity index is 268. The molecule has 0 aromatic carbocycles. The molecule has 4 nitrogen and oxygen atoms in total. The van der Waals surface area contributed by atoms with E-state index in [0.717, 1.165) is 19.3 Å². The van der Waals surface area contributed by atoms with Gasteiger partial charge in [0.05, 0.1) is 18.6 Å². The minimum atomic E-state index is -0.579. The smallest absolute Gasteiger partial charge is 0.230 e. The first-order valence-corrected chi connectivity index (χ1v) is 6.60. The average Bonchev–Trinajstić information content (AvgIpc) is 2.68. The molecule has 0 bridgehead atoms. The molecule has 3 N–H and O–H groups in total. The van der Waals surface area contributed by atoms with Gasteiger partial charge in [0.2, 0.25) is 5.91 Å². The van der Waals surface area contributed by atoms with Crippen LogP contribution in [0.5, 0.6) is 0 Å². The van der Waals surface area contributed by atoms with Gasteiger partial charge in [-0.1, -0.05) is 20.8 Å². The molecule has 0 aliphatic carbocycles. The maximum atomic E-state index is 12.4. The second-order valence-electron chi connectivity index (χ2n) is 5.33. The van der Waals surface area contributed by atoms with E-state index in [1.54, 1.807) is 0 Å². The zero-order valence-corrected chi connectivity index (χ0v) is 11.5. The number of amides is 1. The highest BCUT2D eigenvalue weighted by molar-refractivity contribution is 5.84. The van der Waals surface area contributed by atoms with Crippen LogP contribution in [0.15, 0.2) is 0 Å². The van der Waals surface area contributed by atoms with Crippen molar-refractivity contribution in [3.05, 3.63) is 0 Å². The molecule has 1 aliphatic heterocycles. The molecule has 4 heteroatoms. The van der Waals surface area contributed by atoms with Crippen LogP contribution in [0.25, 0.3) is 0 Å². The normalized spacial score (nSPS) is 29.4.